The molecule has 1 heterocycles. The lowest BCUT2D eigenvalue weighted by Gasteiger charge is -2.27. The summed E-state index contributed by atoms with van der Waals surface area (Å²) in [6, 6.07) is 14.3. The average Bonchev–Trinajstić information content (AvgIpc) is 2.71. The van der Waals surface area contributed by atoms with E-state index in [-0.39, 0.29) is 11.7 Å². The average molecular weight is 384 g/mol. The Labute approximate surface area is 166 Å². The van der Waals surface area contributed by atoms with E-state index in [1.807, 2.05) is 36.1 Å². The first-order chi connectivity index (χ1) is 13.6. The molecule has 4 nitrogen and oxygen atoms in total. The number of halogens is 1. The maximum absolute atomic E-state index is 13.2. The lowest BCUT2D eigenvalue weighted by atomic mass is 9.94. The van der Waals surface area contributed by atoms with Crippen LogP contribution in [0, 0.1) is 11.7 Å². The normalized spacial score (nSPS) is 14.6. The van der Waals surface area contributed by atoms with Crippen molar-refractivity contribution in [2.45, 2.75) is 39.3 Å². The van der Waals surface area contributed by atoms with E-state index in [4.69, 9.17) is 4.74 Å². The van der Waals surface area contributed by atoms with Crippen LogP contribution in [-0.4, -0.2) is 30.5 Å². The summed E-state index contributed by atoms with van der Waals surface area (Å²) in [5.74, 6) is 1.16. The molecular formula is C23H29FN2O2. The van der Waals surface area contributed by atoms with E-state index in [1.165, 1.54) is 12.1 Å². The molecule has 0 aromatic heterocycles. The summed E-state index contributed by atoms with van der Waals surface area (Å²) in [5.41, 5.74) is 2.00. The monoisotopic (exact) mass is 384 g/mol. The third-order valence-corrected chi connectivity index (χ3v) is 5.17. The minimum atomic E-state index is -0.261. The summed E-state index contributed by atoms with van der Waals surface area (Å²) < 4.78 is 18.7. The van der Waals surface area contributed by atoms with E-state index in [2.05, 4.69) is 5.32 Å². The molecule has 2 aromatic carbocycles. The summed E-state index contributed by atoms with van der Waals surface area (Å²) in [6.45, 7) is 5.57. The smallest absolute Gasteiger partial charge is 0.223 e. The zero-order valence-corrected chi connectivity index (χ0v) is 16.5. The number of nitrogens with zero attached hydrogens (tertiary/aromatic N) is 1. The van der Waals surface area contributed by atoms with Crippen molar-refractivity contribution in [3.05, 3.63) is 65.5 Å². The molecule has 150 valence electrons. The van der Waals surface area contributed by atoms with Gasteiger partial charge in [-0.2, -0.15) is 0 Å². The molecule has 1 saturated heterocycles. The van der Waals surface area contributed by atoms with Gasteiger partial charge in [0.15, 0.2) is 0 Å². The molecular weight excluding hydrogens is 355 g/mol. The Morgan fingerprint density at radius 1 is 1.04 bits per heavy atom. The Bertz CT molecular complexity index is 740. The summed E-state index contributed by atoms with van der Waals surface area (Å²) in [5, 5.41) is 3.35. The number of carbonyl (C=O) groups excluding carboxylic acids is 1. The van der Waals surface area contributed by atoms with E-state index in [9.17, 15) is 9.18 Å². The van der Waals surface area contributed by atoms with Crippen molar-refractivity contribution in [3.8, 4) is 5.75 Å². The fourth-order valence-corrected chi connectivity index (χ4v) is 3.58. The summed E-state index contributed by atoms with van der Waals surface area (Å²) in [4.78, 5) is 14.9. The number of ether oxygens (including phenoxy) is 1. The molecule has 0 saturated carbocycles. The highest BCUT2D eigenvalue weighted by Gasteiger charge is 2.21. The van der Waals surface area contributed by atoms with Crippen LogP contribution in [0.1, 0.15) is 37.3 Å². The Kier molecular flexibility index (Phi) is 7.43. The molecule has 0 atom stereocenters. The highest BCUT2D eigenvalue weighted by molar-refractivity contribution is 5.76. The molecule has 1 fully saturated rings. The zero-order valence-electron chi connectivity index (χ0n) is 16.5. The van der Waals surface area contributed by atoms with Gasteiger partial charge < -0.3 is 15.0 Å². The van der Waals surface area contributed by atoms with Gasteiger partial charge in [0.25, 0.3) is 0 Å². The first-order valence-electron chi connectivity index (χ1n) is 10.1. The van der Waals surface area contributed by atoms with Crippen LogP contribution in [0.3, 0.4) is 0 Å². The van der Waals surface area contributed by atoms with Crippen LogP contribution in [0.15, 0.2) is 48.5 Å². The van der Waals surface area contributed by atoms with E-state index >= 15 is 0 Å². The fourth-order valence-electron chi connectivity index (χ4n) is 3.58. The van der Waals surface area contributed by atoms with Gasteiger partial charge in [0.1, 0.15) is 11.6 Å². The van der Waals surface area contributed by atoms with Crippen molar-refractivity contribution in [1.29, 1.82) is 0 Å². The molecule has 28 heavy (non-hydrogen) atoms. The fraction of sp³-hybridized carbons (Fsp3) is 0.435. The standard InChI is InChI=1S/C23H29FN2O2/c1-2-28-22-9-5-20(6-10-22)17-26(16-19-3-7-21(24)8-4-19)23(27)15-18-11-13-25-14-12-18/h3-10,18,25H,2,11-17H2,1H3. The second-order valence-corrected chi connectivity index (χ2v) is 7.35. The molecule has 0 radical (unpaired) electrons. The maximum atomic E-state index is 13.2. The number of hydrogen-bond donors (Lipinski definition) is 1. The van der Waals surface area contributed by atoms with Crippen LogP contribution in [0.2, 0.25) is 0 Å². The Morgan fingerprint density at radius 2 is 1.61 bits per heavy atom. The number of amides is 1. The second kappa shape index (κ2) is 10.2. The minimum Gasteiger partial charge on any atom is -0.494 e. The van der Waals surface area contributed by atoms with Crippen LogP contribution < -0.4 is 10.1 Å². The van der Waals surface area contributed by atoms with Gasteiger partial charge in [-0.1, -0.05) is 24.3 Å². The summed E-state index contributed by atoms with van der Waals surface area (Å²) in [6.07, 6.45) is 2.65. The Balaban J connectivity index is 1.70. The highest BCUT2D eigenvalue weighted by Crippen LogP contribution is 2.21. The molecule has 0 unspecified atom stereocenters. The van der Waals surface area contributed by atoms with Gasteiger partial charge in [0.05, 0.1) is 6.61 Å². The van der Waals surface area contributed by atoms with Gasteiger partial charge in [-0.3, -0.25) is 4.79 Å². The van der Waals surface area contributed by atoms with Crippen molar-refractivity contribution >= 4 is 5.91 Å². The molecule has 0 spiro atoms. The second-order valence-electron chi connectivity index (χ2n) is 7.35. The molecule has 5 heteroatoms. The highest BCUT2D eigenvalue weighted by atomic mass is 19.1. The molecule has 1 aliphatic rings. The number of hydrogen-bond acceptors (Lipinski definition) is 3. The summed E-state index contributed by atoms with van der Waals surface area (Å²) >= 11 is 0. The largest absolute Gasteiger partial charge is 0.494 e. The lowest BCUT2D eigenvalue weighted by molar-refractivity contribution is -0.133. The molecule has 0 aliphatic carbocycles. The molecule has 1 aliphatic heterocycles. The maximum Gasteiger partial charge on any atom is 0.223 e. The van der Waals surface area contributed by atoms with E-state index in [1.54, 1.807) is 12.1 Å². The Morgan fingerprint density at radius 3 is 2.18 bits per heavy atom. The number of piperidine rings is 1. The van der Waals surface area contributed by atoms with Gasteiger partial charge in [0.2, 0.25) is 5.91 Å². The van der Waals surface area contributed by atoms with Crippen molar-refractivity contribution in [2.24, 2.45) is 5.92 Å². The number of benzene rings is 2. The van der Waals surface area contributed by atoms with Gasteiger partial charge in [-0.15, -0.1) is 0 Å². The first-order valence-corrected chi connectivity index (χ1v) is 10.1. The third-order valence-electron chi connectivity index (χ3n) is 5.17. The SMILES string of the molecule is CCOc1ccc(CN(Cc2ccc(F)cc2)C(=O)CC2CCNCC2)cc1. The first kappa shape index (κ1) is 20.3. The van der Waals surface area contributed by atoms with E-state index in [0.717, 1.165) is 42.8 Å². The zero-order chi connectivity index (χ0) is 19.8. The summed E-state index contributed by atoms with van der Waals surface area (Å²) in [7, 11) is 0. The number of rotatable bonds is 8. The molecule has 1 N–H and O–H groups in total. The lowest BCUT2D eigenvalue weighted by Crippen LogP contribution is -2.34. The Hall–Kier alpha value is -2.40. The van der Waals surface area contributed by atoms with Crippen molar-refractivity contribution < 1.29 is 13.9 Å². The van der Waals surface area contributed by atoms with Crippen LogP contribution in [-0.2, 0) is 17.9 Å². The van der Waals surface area contributed by atoms with Gasteiger partial charge in [0, 0.05) is 19.5 Å². The van der Waals surface area contributed by atoms with Crippen LogP contribution in [0.25, 0.3) is 0 Å². The molecule has 2 aromatic rings. The molecule has 3 rings (SSSR count). The third kappa shape index (κ3) is 6.06. The molecule has 0 bridgehead atoms. The van der Waals surface area contributed by atoms with Crippen LogP contribution in [0.4, 0.5) is 4.39 Å². The molecule has 1 amide bonds. The van der Waals surface area contributed by atoms with Crippen molar-refractivity contribution in [1.82, 2.24) is 10.2 Å². The van der Waals surface area contributed by atoms with Crippen molar-refractivity contribution in [3.63, 3.8) is 0 Å². The van der Waals surface area contributed by atoms with Gasteiger partial charge in [-0.05, 0) is 74.2 Å². The van der Waals surface area contributed by atoms with Crippen molar-refractivity contribution in [2.75, 3.05) is 19.7 Å². The quantitative estimate of drug-likeness (QED) is 0.744. The van der Waals surface area contributed by atoms with Crippen LogP contribution in [0.5, 0.6) is 5.75 Å². The van der Waals surface area contributed by atoms with Gasteiger partial charge in [-0.25, -0.2) is 4.39 Å². The van der Waals surface area contributed by atoms with Gasteiger partial charge >= 0.3 is 0 Å². The van der Waals surface area contributed by atoms with Crippen LogP contribution >= 0.6 is 0 Å². The number of nitrogens with one attached hydrogen (secondary N) is 1. The predicted octanol–water partition coefficient (Wildman–Crippen LogP) is 4.14. The predicted molar refractivity (Wildman–Crippen MR) is 108 cm³/mol. The van der Waals surface area contributed by atoms with E-state index in [0.29, 0.717) is 32.0 Å². The minimum absolute atomic E-state index is 0.158. The van der Waals surface area contributed by atoms with E-state index < -0.39 is 0 Å². The number of carbonyl (C=O) groups is 1. The topological polar surface area (TPSA) is 41.6 Å².